The van der Waals surface area contributed by atoms with E-state index in [4.69, 9.17) is 4.98 Å². The smallest absolute Gasteiger partial charge is 0.145 e. The van der Waals surface area contributed by atoms with Crippen molar-refractivity contribution in [1.82, 2.24) is 9.38 Å². The molecule has 4 aromatic rings. The molecule has 2 heteroatoms. The summed E-state index contributed by atoms with van der Waals surface area (Å²) in [5.41, 5.74) is 5.15. The van der Waals surface area contributed by atoms with Gasteiger partial charge < -0.3 is 0 Å². The monoisotopic (exact) mass is 372 g/mol. The zero-order valence-electron chi connectivity index (χ0n) is 18.2. The summed E-state index contributed by atoms with van der Waals surface area (Å²) in [4.78, 5) is 4.80. The highest BCUT2D eigenvalue weighted by Crippen LogP contribution is 2.42. The Morgan fingerprint density at radius 2 is 1.68 bits per heavy atom. The van der Waals surface area contributed by atoms with E-state index in [1.165, 1.54) is 32.8 Å². The summed E-state index contributed by atoms with van der Waals surface area (Å²) in [6.45, 7) is 16.3. The Morgan fingerprint density at radius 1 is 0.929 bits per heavy atom. The molecule has 0 aliphatic carbocycles. The maximum atomic E-state index is 4.80. The van der Waals surface area contributed by atoms with Gasteiger partial charge in [-0.3, -0.25) is 4.40 Å². The first-order valence-corrected chi connectivity index (χ1v) is 10.6. The molecule has 1 unspecified atom stereocenters. The van der Waals surface area contributed by atoms with Crippen LogP contribution in [-0.4, -0.2) is 9.38 Å². The van der Waals surface area contributed by atoms with Crippen LogP contribution >= 0.6 is 0 Å². The summed E-state index contributed by atoms with van der Waals surface area (Å²) in [6.07, 6.45) is 4.03. The van der Waals surface area contributed by atoms with Crippen molar-refractivity contribution in [3.05, 3.63) is 59.9 Å². The zero-order valence-corrected chi connectivity index (χ0v) is 18.2. The topological polar surface area (TPSA) is 17.3 Å². The lowest BCUT2D eigenvalue weighted by atomic mass is 9.68. The second-order valence-electron chi connectivity index (χ2n) is 9.53. The van der Waals surface area contributed by atoms with Gasteiger partial charge in [-0.2, -0.15) is 0 Å². The molecule has 0 radical (unpaired) electrons. The van der Waals surface area contributed by atoms with E-state index in [1.807, 2.05) is 6.20 Å². The van der Waals surface area contributed by atoms with Crippen molar-refractivity contribution in [3.63, 3.8) is 0 Å². The van der Waals surface area contributed by atoms with Crippen LogP contribution in [0.5, 0.6) is 0 Å². The van der Waals surface area contributed by atoms with Crippen molar-refractivity contribution in [2.75, 3.05) is 0 Å². The summed E-state index contributed by atoms with van der Waals surface area (Å²) in [6, 6.07) is 13.7. The van der Waals surface area contributed by atoms with Gasteiger partial charge in [-0.15, -0.1) is 0 Å². The fourth-order valence-corrected chi connectivity index (χ4v) is 4.65. The van der Waals surface area contributed by atoms with E-state index in [0.717, 1.165) is 5.65 Å². The van der Waals surface area contributed by atoms with Crippen LogP contribution in [0.1, 0.15) is 65.5 Å². The van der Waals surface area contributed by atoms with E-state index in [0.29, 0.717) is 17.8 Å². The number of imidazole rings is 1. The highest BCUT2D eigenvalue weighted by atomic mass is 15.0. The molecule has 2 aromatic carbocycles. The number of fused-ring (bicyclic) bond motifs is 6. The second-order valence-corrected chi connectivity index (χ2v) is 9.53. The first kappa shape index (κ1) is 19.0. The minimum Gasteiger partial charge on any atom is -0.299 e. The molecule has 28 heavy (non-hydrogen) atoms. The van der Waals surface area contributed by atoms with Crippen LogP contribution in [-0.2, 0) is 5.41 Å². The molecule has 0 fully saturated rings. The lowest BCUT2D eigenvalue weighted by Crippen LogP contribution is -2.30. The number of hydrogen-bond acceptors (Lipinski definition) is 1. The van der Waals surface area contributed by atoms with Gasteiger partial charge in [0.25, 0.3) is 0 Å². The van der Waals surface area contributed by atoms with Crippen LogP contribution in [0.3, 0.4) is 0 Å². The molecule has 0 N–H and O–H groups in total. The highest BCUT2D eigenvalue weighted by Gasteiger charge is 2.32. The Labute approximate surface area is 168 Å². The van der Waals surface area contributed by atoms with E-state index < -0.39 is 0 Å². The molecular formula is C26H32N2. The van der Waals surface area contributed by atoms with Gasteiger partial charge in [0.1, 0.15) is 5.65 Å². The molecule has 0 aliphatic rings. The molecule has 0 bridgehead atoms. The number of aromatic nitrogens is 2. The average Bonchev–Trinajstić information content (AvgIpc) is 3.16. The lowest BCUT2D eigenvalue weighted by molar-refractivity contribution is 0.265. The maximum absolute atomic E-state index is 4.80. The molecule has 146 valence electrons. The van der Waals surface area contributed by atoms with Crippen LogP contribution in [0.25, 0.3) is 27.3 Å². The van der Waals surface area contributed by atoms with E-state index in [-0.39, 0.29) is 5.41 Å². The van der Waals surface area contributed by atoms with Gasteiger partial charge in [-0.05, 0) is 51.8 Å². The zero-order chi connectivity index (χ0) is 20.2. The quantitative estimate of drug-likeness (QED) is 0.343. The number of nitrogens with zero attached hydrogens (tertiary/aromatic N) is 2. The molecule has 2 nitrogen and oxygen atoms in total. The Hall–Kier alpha value is -2.35. The summed E-state index contributed by atoms with van der Waals surface area (Å²) in [7, 11) is 0. The van der Waals surface area contributed by atoms with Crippen LogP contribution in [0.4, 0.5) is 0 Å². The molecule has 0 amide bonds. The molecule has 1 atom stereocenters. The van der Waals surface area contributed by atoms with E-state index >= 15 is 0 Å². The second kappa shape index (κ2) is 6.62. The molecule has 0 saturated carbocycles. The van der Waals surface area contributed by atoms with Crippen molar-refractivity contribution < 1.29 is 0 Å². The normalized spacial score (nSPS) is 14.0. The van der Waals surface area contributed by atoms with Gasteiger partial charge in [0.2, 0.25) is 0 Å². The van der Waals surface area contributed by atoms with Gasteiger partial charge in [-0.1, -0.05) is 72.7 Å². The summed E-state index contributed by atoms with van der Waals surface area (Å²) < 4.78 is 2.27. The third-order valence-electron chi connectivity index (χ3n) is 7.00. The Bertz CT molecular complexity index is 1160. The number of benzene rings is 2. The first-order valence-electron chi connectivity index (χ1n) is 10.6. The molecular weight excluding hydrogens is 340 g/mol. The number of rotatable bonds is 4. The van der Waals surface area contributed by atoms with Gasteiger partial charge in [-0.25, -0.2) is 4.98 Å². The fraction of sp³-hybridized carbons (Fsp3) is 0.423. The highest BCUT2D eigenvalue weighted by molar-refractivity contribution is 6.13. The Kier molecular flexibility index (Phi) is 4.49. The van der Waals surface area contributed by atoms with Gasteiger partial charge in [0.05, 0.1) is 5.52 Å². The number of hydrogen-bond donors (Lipinski definition) is 0. The lowest BCUT2D eigenvalue weighted by Gasteiger charge is -2.36. The molecule has 0 aliphatic heterocycles. The summed E-state index contributed by atoms with van der Waals surface area (Å²) in [5, 5.41) is 3.94. The van der Waals surface area contributed by atoms with Crippen LogP contribution in [0, 0.1) is 11.8 Å². The average molecular weight is 373 g/mol. The third kappa shape index (κ3) is 2.73. The van der Waals surface area contributed by atoms with E-state index in [2.05, 4.69) is 95.5 Å². The van der Waals surface area contributed by atoms with E-state index in [9.17, 15) is 0 Å². The number of pyridine rings is 1. The fourth-order valence-electron chi connectivity index (χ4n) is 4.65. The van der Waals surface area contributed by atoms with Crippen LogP contribution in [0.2, 0.25) is 0 Å². The molecule has 2 heterocycles. The Morgan fingerprint density at radius 3 is 2.36 bits per heavy atom. The first-order chi connectivity index (χ1) is 13.2. The molecule has 4 rings (SSSR count). The molecule has 0 spiro atoms. The maximum Gasteiger partial charge on any atom is 0.145 e. The third-order valence-corrected chi connectivity index (χ3v) is 7.00. The predicted octanol–water partition coefficient (Wildman–Crippen LogP) is 7.33. The van der Waals surface area contributed by atoms with Crippen molar-refractivity contribution in [1.29, 1.82) is 0 Å². The van der Waals surface area contributed by atoms with Crippen LogP contribution < -0.4 is 0 Å². The van der Waals surface area contributed by atoms with Crippen molar-refractivity contribution >= 4 is 27.3 Å². The largest absolute Gasteiger partial charge is 0.299 e. The summed E-state index contributed by atoms with van der Waals surface area (Å²) >= 11 is 0. The summed E-state index contributed by atoms with van der Waals surface area (Å²) in [5.74, 6) is 1.69. The Balaban J connectivity index is 2.17. The molecule has 0 saturated heterocycles. The van der Waals surface area contributed by atoms with E-state index in [1.54, 1.807) is 0 Å². The standard InChI is InChI=1S/C26H32N2/c1-16(2)18(5)26(6,7)22-10-8-9-20-21-15-19(17(3)4)11-12-23(21)28-14-13-27-25(28)24(20)22/h8-18H,1-7H3. The minimum absolute atomic E-state index is 0.0590. The van der Waals surface area contributed by atoms with Crippen LogP contribution in [0.15, 0.2) is 48.8 Å². The molecule has 2 aromatic heterocycles. The van der Waals surface area contributed by atoms with Gasteiger partial charge in [0, 0.05) is 23.2 Å². The minimum atomic E-state index is 0.0590. The van der Waals surface area contributed by atoms with Crippen molar-refractivity contribution in [3.8, 4) is 0 Å². The van der Waals surface area contributed by atoms with Gasteiger partial charge in [0.15, 0.2) is 0 Å². The predicted molar refractivity (Wildman–Crippen MR) is 121 cm³/mol. The van der Waals surface area contributed by atoms with Crippen molar-refractivity contribution in [2.24, 2.45) is 11.8 Å². The van der Waals surface area contributed by atoms with Gasteiger partial charge >= 0.3 is 0 Å². The SMILES string of the molecule is CC(C)c1ccc2c(c1)c1cccc(C(C)(C)C(C)C(C)C)c1c1nccn21. The van der Waals surface area contributed by atoms with Crippen molar-refractivity contribution in [2.45, 2.75) is 59.8 Å².